The number of tetrazole rings is 1. The molecule has 1 N–H and O–H groups in total. The summed E-state index contributed by atoms with van der Waals surface area (Å²) in [6, 6.07) is 14.0. The summed E-state index contributed by atoms with van der Waals surface area (Å²) in [5.41, 5.74) is 0.952. The lowest BCUT2D eigenvalue weighted by molar-refractivity contribution is -0.137. The Hall–Kier alpha value is -2.76. The molecule has 1 heterocycles. The maximum Gasteiger partial charge on any atom is 0.303 e. The number of benzene rings is 2. The monoisotopic (exact) mass is 282 g/mol. The van der Waals surface area contributed by atoms with Crippen molar-refractivity contribution in [2.75, 3.05) is 0 Å². The maximum atomic E-state index is 10.6. The molecule has 106 valence electrons. The molecule has 21 heavy (non-hydrogen) atoms. The zero-order valence-electron chi connectivity index (χ0n) is 11.3. The molecule has 6 nitrogen and oxygen atoms in total. The van der Waals surface area contributed by atoms with Gasteiger partial charge >= 0.3 is 5.97 Å². The number of fused-ring (bicyclic) bond motifs is 1. The van der Waals surface area contributed by atoms with Crippen molar-refractivity contribution in [2.24, 2.45) is 0 Å². The van der Waals surface area contributed by atoms with Crippen LogP contribution in [0.1, 0.15) is 12.8 Å². The van der Waals surface area contributed by atoms with E-state index < -0.39 is 5.97 Å². The van der Waals surface area contributed by atoms with Crippen LogP contribution in [0.15, 0.2) is 42.5 Å². The molecule has 0 radical (unpaired) electrons. The second-order valence-corrected chi connectivity index (χ2v) is 4.75. The van der Waals surface area contributed by atoms with Gasteiger partial charge in [0.05, 0.1) is 0 Å². The summed E-state index contributed by atoms with van der Waals surface area (Å²) in [4.78, 5) is 10.6. The van der Waals surface area contributed by atoms with Gasteiger partial charge in [0.25, 0.3) is 0 Å². The van der Waals surface area contributed by atoms with E-state index in [1.807, 2.05) is 42.5 Å². The van der Waals surface area contributed by atoms with Crippen molar-refractivity contribution < 1.29 is 9.90 Å². The third kappa shape index (κ3) is 2.74. The first-order chi connectivity index (χ1) is 10.3. The number of carboxylic acids is 1. The van der Waals surface area contributed by atoms with E-state index in [-0.39, 0.29) is 6.42 Å². The van der Waals surface area contributed by atoms with Crippen LogP contribution in [-0.4, -0.2) is 31.3 Å². The maximum absolute atomic E-state index is 10.6. The van der Waals surface area contributed by atoms with Gasteiger partial charge in [-0.25, -0.2) is 4.68 Å². The minimum atomic E-state index is -0.810. The van der Waals surface area contributed by atoms with Crippen LogP contribution in [0, 0.1) is 0 Å². The number of rotatable bonds is 5. The summed E-state index contributed by atoms with van der Waals surface area (Å²) in [5.74, 6) is -0.146. The number of aliphatic carboxylic acids is 1. The normalized spacial score (nSPS) is 10.9. The van der Waals surface area contributed by atoms with Crippen LogP contribution < -0.4 is 0 Å². The van der Waals surface area contributed by atoms with Gasteiger partial charge in [-0.1, -0.05) is 42.5 Å². The molecule has 1 aromatic heterocycles. The summed E-state index contributed by atoms with van der Waals surface area (Å²) >= 11 is 0. The van der Waals surface area contributed by atoms with Crippen molar-refractivity contribution in [3.8, 4) is 11.4 Å². The highest BCUT2D eigenvalue weighted by molar-refractivity contribution is 5.94. The third-order valence-electron chi connectivity index (χ3n) is 3.32. The van der Waals surface area contributed by atoms with E-state index in [9.17, 15) is 4.79 Å². The van der Waals surface area contributed by atoms with Gasteiger partial charge in [0, 0.05) is 18.5 Å². The number of hydrogen-bond acceptors (Lipinski definition) is 4. The molecule has 0 amide bonds. The molecule has 6 heteroatoms. The predicted octanol–water partition coefficient (Wildman–Crippen LogP) is 2.36. The molecule has 0 saturated carbocycles. The molecular formula is C15H14N4O2. The molecule has 3 rings (SSSR count). The first kappa shape index (κ1) is 13.2. The van der Waals surface area contributed by atoms with Crippen LogP contribution >= 0.6 is 0 Å². The van der Waals surface area contributed by atoms with Crippen LogP contribution in [0.25, 0.3) is 22.2 Å². The summed E-state index contributed by atoms with van der Waals surface area (Å²) in [6.07, 6.45) is 0.604. The first-order valence-electron chi connectivity index (χ1n) is 6.72. The molecule has 3 aromatic rings. The molecule has 0 fully saturated rings. The minimum absolute atomic E-state index is 0.106. The predicted molar refractivity (Wildman–Crippen MR) is 77.6 cm³/mol. The summed E-state index contributed by atoms with van der Waals surface area (Å²) in [7, 11) is 0. The van der Waals surface area contributed by atoms with Gasteiger partial charge < -0.3 is 5.11 Å². The lowest BCUT2D eigenvalue weighted by Gasteiger charge is -2.07. The smallest absolute Gasteiger partial charge is 0.303 e. The molecule has 0 aliphatic heterocycles. The molecule has 0 aliphatic carbocycles. The van der Waals surface area contributed by atoms with Crippen molar-refractivity contribution in [1.29, 1.82) is 0 Å². The molecule has 0 unspecified atom stereocenters. The van der Waals surface area contributed by atoms with Crippen LogP contribution in [0.5, 0.6) is 0 Å². The van der Waals surface area contributed by atoms with Crippen molar-refractivity contribution in [3.63, 3.8) is 0 Å². The Kier molecular flexibility index (Phi) is 3.59. The van der Waals surface area contributed by atoms with E-state index in [0.717, 1.165) is 16.3 Å². The second kappa shape index (κ2) is 5.70. The Morgan fingerprint density at radius 2 is 1.95 bits per heavy atom. The fourth-order valence-electron chi connectivity index (χ4n) is 2.35. The van der Waals surface area contributed by atoms with Gasteiger partial charge in [-0.15, -0.1) is 5.10 Å². The number of aryl methyl sites for hydroxylation is 1. The Morgan fingerprint density at radius 3 is 2.81 bits per heavy atom. The van der Waals surface area contributed by atoms with Crippen LogP contribution in [-0.2, 0) is 11.3 Å². The number of carboxylic acid groups (broad SMARTS) is 1. The Morgan fingerprint density at radius 1 is 1.14 bits per heavy atom. The number of carbonyl (C=O) groups is 1. The standard InChI is InChI=1S/C15H14N4O2/c20-14(21)9-4-10-19-15(16-17-18-19)13-8-3-6-11-5-1-2-7-12(11)13/h1-3,5-8H,4,9-10H2,(H,20,21). The van der Waals surface area contributed by atoms with Crippen molar-refractivity contribution in [1.82, 2.24) is 20.2 Å². The van der Waals surface area contributed by atoms with Crippen LogP contribution in [0.2, 0.25) is 0 Å². The Labute approximate surface area is 121 Å². The average Bonchev–Trinajstić information content (AvgIpc) is 2.94. The highest BCUT2D eigenvalue weighted by Crippen LogP contribution is 2.26. The van der Waals surface area contributed by atoms with Gasteiger partial charge in [-0.2, -0.15) is 0 Å². The zero-order valence-corrected chi connectivity index (χ0v) is 11.3. The lowest BCUT2D eigenvalue weighted by atomic mass is 10.0. The quantitative estimate of drug-likeness (QED) is 0.777. The zero-order chi connectivity index (χ0) is 14.7. The summed E-state index contributed by atoms with van der Waals surface area (Å²) in [5, 5.41) is 22.7. The molecule has 0 bridgehead atoms. The van der Waals surface area contributed by atoms with E-state index in [2.05, 4.69) is 15.5 Å². The minimum Gasteiger partial charge on any atom is -0.481 e. The highest BCUT2D eigenvalue weighted by atomic mass is 16.4. The van der Waals surface area contributed by atoms with E-state index in [4.69, 9.17) is 5.11 Å². The largest absolute Gasteiger partial charge is 0.481 e. The lowest BCUT2D eigenvalue weighted by Crippen LogP contribution is -2.05. The average molecular weight is 282 g/mol. The number of hydrogen-bond donors (Lipinski definition) is 1. The van der Waals surface area contributed by atoms with Crippen LogP contribution in [0.3, 0.4) is 0 Å². The van der Waals surface area contributed by atoms with E-state index in [1.54, 1.807) is 4.68 Å². The summed E-state index contributed by atoms with van der Waals surface area (Å²) < 4.78 is 1.66. The van der Waals surface area contributed by atoms with Crippen LogP contribution in [0.4, 0.5) is 0 Å². The second-order valence-electron chi connectivity index (χ2n) is 4.75. The van der Waals surface area contributed by atoms with E-state index >= 15 is 0 Å². The van der Waals surface area contributed by atoms with Crippen molar-refractivity contribution in [2.45, 2.75) is 19.4 Å². The van der Waals surface area contributed by atoms with Gasteiger partial charge in [0.15, 0.2) is 5.82 Å². The molecule has 0 saturated heterocycles. The number of aromatic nitrogens is 4. The third-order valence-corrected chi connectivity index (χ3v) is 3.32. The van der Waals surface area contributed by atoms with Crippen molar-refractivity contribution in [3.05, 3.63) is 42.5 Å². The van der Waals surface area contributed by atoms with Gasteiger partial charge in [-0.05, 0) is 27.6 Å². The Bertz CT molecular complexity index is 777. The molecule has 0 aliphatic rings. The summed E-state index contributed by atoms with van der Waals surface area (Å²) in [6.45, 7) is 0.484. The highest BCUT2D eigenvalue weighted by Gasteiger charge is 2.12. The topological polar surface area (TPSA) is 80.9 Å². The molecule has 0 spiro atoms. The Balaban J connectivity index is 1.96. The van der Waals surface area contributed by atoms with Gasteiger partial charge in [-0.3, -0.25) is 4.79 Å². The SMILES string of the molecule is O=C(O)CCCn1nnnc1-c1cccc2ccccc12. The fourth-order valence-corrected chi connectivity index (χ4v) is 2.35. The fraction of sp³-hybridized carbons (Fsp3) is 0.200. The molecule has 2 aromatic carbocycles. The van der Waals surface area contributed by atoms with Crippen molar-refractivity contribution >= 4 is 16.7 Å². The molecule has 0 atom stereocenters. The van der Waals surface area contributed by atoms with E-state index in [1.165, 1.54) is 0 Å². The first-order valence-corrected chi connectivity index (χ1v) is 6.72. The number of nitrogens with zero attached hydrogens (tertiary/aromatic N) is 4. The molecular weight excluding hydrogens is 268 g/mol. The van der Waals surface area contributed by atoms with E-state index in [0.29, 0.717) is 18.8 Å². The van der Waals surface area contributed by atoms with Gasteiger partial charge in [0.1, 0.15) is 0 Å². The van der Waals surface area contributed by atoms with Gasteiger partial charge in [0.2, 0.25) is 0 Å².